The Morgan fingerprint density at radius 3 is 2.89 bits per heavy atom. The second-order valence-corrected chi connectivity index (χ2v) is 6.82. The van der Waals surface area contributed by atoms with Gasteiger partial charge in [0, 0.05) is 11.0 Å². The smallest absolute Gasteiger partial charge is 0.252 e. The van der Waals surface area contributed by atoms with Gasteiger partial charge in [0.1, 0.15) is 0 Å². The summed E-state index contributed by atoms with van der Waals surface area (Å²) < 4.78 is 0.755. The van der Waals surface area contributed by atoms with Gasteiger partial charge >= 0.3 is 0 Å². The molecule has 5 heteroatoms. The number of thioether (sulfide) groups is 1. The largest absolute Gasteiger partial charge is 0.352 e. The van der Waals surface area contributed by atoms with Crippen molar-refractivity contribution < 1.29 is 4.79 Å². The van der Waals surface area contributed by atoms with E-state index in [1.54, 1.807) is 6.07 Å². The highest BCUT2D eigenvalue weighted by atomic mass is 79.9. The second kappa shape index (κ2) is 6.83. The van der Waals surface area contributed by atoms with Gasteiger partial charge in [0.05, 0.1) is 10.6 Å². The van der Waals surface area contributed by atoms with Crippen LogP contribution in [0, 0.1) is 5.92 Å². The lowest BCUT2D eigenvalue weighted by Crippen LogP contribution is -2.31. The molecule has 98 valence electrons. The Kier molecular flexibility index (Phi) is 5.39. The van der Waals surface area contributed by atoms with Crippen molar-refractivity contribution in [3.8, 4) is 0 Å². The molecule has 0 bridgehead atoms. The first kappa shape index (κ1) is 14.2. The normalized spacial score (nSPS) is 16.6. The molecule has 2 rings (SSSR count). The van der Waals surface area contributed by atoms with Crippen LogP contribution in [0.5, 0.6) is 0 Å². The monoisotopic (exact) mass is 347 g/mol. The first-order chi connectivity index (χ1) is 8.68. The lowest BCUT2D eigenvalue weighted by Gasteiger charge is -2.21. The topological polar surface area (TPSA) is 29.1 Å². The Labute approximate surface area is 125 Å². The molecule has 0 saturated carbocycles. The summed E-state index contributed by atoms with van der Waals surface area (Å²) in [6.45, 7) is 0.752. The Morgan fingerprint density at radius 2 is 2.17 bits per heavy atom. The predicted octanol–water partition coefficient (Wildman–Crippen LogP) is 3.98. The van der Waals surface area contributed by atoms with Gasteiger partial charge in [0.15, 0.2) is 0 Å². The molecule has 1 amide bonds. The standard InChI is InChI=1S/C13H15BrClNOS/c14-11-3-1-2-10(12(11)15)13(17)16-8-9-4-6-18-7-5-9/h1-3,9H,4-8H2,(H,16,17). The average molecular weight is 349 g/mol. The van der Waals surface area contributed by atoms with Crippen molar-refractivity contribution in [2.24, 2.45) is 5.92 Å². The molecule has 1 aromatic rings. The van der Waals surface area contributed by atoms with Crippen molar-refractivity contribution in [2.75, 3.05) is 18.1 Å². The lowest BCUT2D eigenvalue weighted by atomic mass is 10.0. The molecule has 1 saturated heterocycles. The molecule has 2 nitrogen and oxygen atoms in total. The van der Waals surface area contributed by atoms with Crippen molar-refractivity contribution in [3.05, 3.63) is 33.3 Å². The summed E-state index contributed by atoms with van der Waals surface area (Å²) in [6, 6.07) is 5.40. The van der Waals surface area contributed by atoms with E-state index < -0.39 is 0 Å². The van der Waals surface area contributed by atoms with Gasteiger partial charge in [-0.05, 0) is 58.3 Å². The fourth-order valence-electron chi connectivity index (χ4n) is 1.96. The third-order valence-corrected chi connectivity index (χ3v) is 5.43. The molecule has 18 heavy (non-hydrogen) atoms. The van der Waals surface area contributed by atoms with Crippen LogP contribution in [-0.4, -0.2) is 24.0 Å². The molecule has 0 radical (unpaired) electrons. The molecule has 0 aliphatic carbocycles. The van der Waals surface area contributed by atoms with Crippen LogP contribution in [0.15, 0.2) is 22.7 Å². The molecule has 1 aliphatic heterocycles. The van der Waals surface area contributed by atoms with E-state index in [1.807, 2.05) is 23.9 Å². The van der Waals surface area contributed by atoms with Gasteiger partial charge in [-0.3, -0.25) is 4.79 Å². The summed E-state index contributed by atoms with van der Waals surface area (Å²) in [5.74, 6) is 2.94. The van der Waals surface area contributed by atoms with Gasteiger partial charge in [0.2, 0.25) is 0 Å². The molecular weight excluding hydrogens is 334 g/mol. The number of hydrogen-bond acceptors (Lipinski definition) is 2. The van der Waals surface area contributed by atoms with Gasteiger partial charge < -0.3 is 5.32 Å². The molecule has 1 fully saturated rings. The minimum Gasteiger partial charge on any atom is -0.352 e. The van der Waals surface area contributed by atoms with Crippen LogP contribution in [0.4, 0.5) is 0 Å². The molecule has 1 aliphatic rings. The minimum atomic E-state index is -0.0838. The second-order valence-electron chi connectivity index (χ2n) is 4.37. The molecule has 1 heterocycles. The molecule has 0 unspecified atom stereocenters. The molecule has 1 aromatic carbocycles. The highest BCUT2D eigenvalue weighted by Crippen LogP contribution is 2.26. The van der Waals surface area contributed by atoms with E-state index >= 15 is 0 Å². The number of hydrogen-bond donors (Lipinski definition) is 1. The third kappa shape index (κ3) is 3.65. The van der Waals surface area contributed by atoms with E-state index in [-0.39, 0.29) is 5.91 Å². The van der Waals surface area contributed by atoms with Crippen molar-refractivity contribution in [1.82, 2.24) is 5.32 Å². The molecular formula is C13H15BrClNOS. The maximum atomic E-state index is 12.0. The minimum absolute atomic E-state index is 0.0838. The summed E-state index contributed by atoms with van der Waals surface area (Å²) >= 11 is 11.4. The van der Waals surface area contributed by atoms with Gasteiger partial charge in [-0.1, -0.05) is 17.7 Å². The number of nitrogens with one attached hydrogen (secondary N) is 1. The summed E-state index contributed by atoms with van der Waals surface area (Å²) in [7, 11) is 0. The third-order valence-electron chi connectivity index (χ3n) is 3.09. The first-order valence-corrected chi connectivity index (χ1v) is 8.31. The lowest BCUT2D eigenvalue weighted by molar-refractivity contribution is 0.0946. The molecule has 1 N–H and O–H groups in total. The van der Waals surface area contributed by atoms with Crippen LogP contribution >= 0.6 is 39.3 Å². The Balaban J connectivity index is 1.93. The van der Waals surface area contributed by atoms with E-state index in [4.69, 9.17) is 11.6 Å². The van der Waals surface area contributed by atoms with Crippen LogP contribution < -0.4 is 5.32 Å². The van der Waals surface area contributed by atoms with Gasteiger partial charge in [0.25, 0.3) is 5.91 Å². The SMILES string of the molecule is O=C(NCC1CCSCC1)c1cccc(Br)c1Cl. The zero-order valence-electron chi connectivity index (χ0n) is 9.92. The van der Waals surface area contributed by atoms with Crippen LogP contribution in [-0.2, 0) is 0 Å². The highest BCUT2D eigenvalue weighted by Gasteiger charge is 2.16. The van der Waals surface area contributed by atoms with Crippen LogP contribution in [0.2, 0.25) is 5.02 Å². The Morgan fingerprint density at radius 1 is 1.44 bits per heavy atom. The number of halogens is 2. The number of amides is 1. The van der Waals surface area contributed by atoms with E-state index in [0.29, 0.717) is 16.5 Å². The summed E-state index contributed by atoms with van der Waals surface area (Å²) in [6.07, 6.45) is 2.38. The van der Waals surface area contributed by atoms with E-state index in [0.717, 1.165) is 11.0 Å². The summed E-state index contributed by atoms with van der Waals surface area (Å²) in [4.78, 5) is 12.0. The van der Waals surface area contributed by atoms with Crippen molar-refractivity contribution in [2.45, 2.75) is 12.8 Å². The molecule has 0 atom stereocenters. The van der Waals surface area contributed by atoms with Gasteiger partial charge in [-0.15, -0.1) is 0 Å². The highest BCUT2D eigenvalue weighted by molar-refractivity contribution is 9.10. The maximum Gasteiger partial charge on any atom is 0.252 e. The van der Waals surface area contributed by atoms with Crippen molar-refractivity contribution in [3.63, 3.8) is 0 Å². The van der Waals surface area contributed by atoms with E-state index in [2.05, 4.69) is 21.2 Å². The molecule has 0 aromatic heterocycles. The van der Waals surface area contributed by atoms with E-state index in [9.17, 15) is 4.79 Å². The predicted molar refractivity (Wildman–Crippen MR) is 81.5 cm³/mol. The average Bonchev–Trinajstić information content (AvgIpc) is 2.40. The van der Waals surface area contributed by atoms with Crippen molar-refractivity contribution >= 4 is 45.2 Å². The summed E-state index contributed by atoms with van der Waals surface area (Å²) in [5.41, 5.74) is 0.538. The van der Waals surface area contributed by atoms with Gasteiger partial charge in [-0.2, -0.15) is 11.8 Å². The van der Waals surface area contributed by atoms with Crippen LogP contribution in [0.3, 0.4) is 0 Å². The number of carbonyl (C=O) groups excluding carboxylic acids is 1. The van der Waals surface area contributed by atoms with Crippen LogP contribution in [0.25, 0.3) is 0 Å². The Bertz CT molecular complexity index is 435. The van der Waals surface area contributed by atoms with Gasteiger partial charge in [-0.25, -0.2) is 0 Å². The fraction of sp³-hybridized carbons (Fsp3) is 0.462. The number of rotatable bonds is 3. The fourth-order valence-corrected chi connectivity index (χ4v) is 3.74. The zero-order valence-corrected chi connectivity index (χ0v) is 13.1. The first-order valence-electron chi connectivity index (χ1n) is 5.98. The van der Waals surface area contributed by atoms with Crippen LogP contribution in [0.1, 0.15) is 23.2 Å². The summed E-state index contributed by atoms with van der Waals surface area (Å²) in [5, 5.41) is 3.46. The maximum absolute atomic E-state index is 12.0. The molecule has 0 spiro atoms. The number of benzene rings is 1. The zero-order chi connectivity index (χ0) is 13.0. The number of carbonyl (C=O) groups is 1. The quantitative estimate of drug-likeness (QED) is 0.895. The Hall–Kier alpha value is -0.190. The van der Waals surface area contributed by atoms with Crippen molar-refractivity contribution in [1.29, 1.82) is 0 Å². The van der Waals surface area contributed by atoms with E-state index in [1.165, 1.54) is 24.3 Å².